The first-order chi connectivity index (χ1) is 18.4. The molecule has 0 aromatic heterocycles. The minimum absolute atomic E-state index is 0.0107. The molecule has 0 bridgehead atoms. The number of benzene rings is 2. The van der Waals surface area contributed by atoms with Gasteiger partial charge in [-0.25, -0.2) is 0 Å². The van der Waals surface area contributed by atoms with E-state index in [4.69, 9.17) is 0 Å². The number of aryl methyl sites for hydroxylation is 2. The van der Waals surface area contributed by atoms with Crippen molar-refractivity contribution in [1.29, 1.82) is 0 Å². The van der Waals surface area contributed by atoms with Crippen LogP contribution in [0.2, 0.25) is 0 Å². The number of thioether (sulfide) groups is 1. The second kappa shape index (κ2) is 12.5. The molecule has 0 radical (unpaired) electrons. The second-order valence-corrected chi connectivity index (χ2v) is 12.9. The molecule has 6 nitrogen and oxygen atoms in total. The van der Waals surface area contributed by atoms with Gasteiger partial charge in [0, 0.05) is 41.9 Å². The number of aliphatic hydroxyl groups is 1. The molecule has 3 atom stereocenters. The first-order valence-corrected chi connectivity index (χ1v) is 15.3. The summed E-state index contributed by atoms with van der Waals surface area (Å²) in [6.45, 7) is 8.95. The average Bonchev–Trinajstić information content (AvgIpc) is 2.91. The van der Waals surface area contributed by atoms with Gasteiger partial charge in [0.25, 0.3) is 0 Å². The number of hydrogen-bond donors (Lipinski definition) is 4. The Labute approximate surface area is 232 Å². The van der Waals surface area contributed by atoms with E-state index >= 15 is 0 Å². The highest BCUT2D eigenvalue weighted by Crippen LogP contribution is 2.57. The van der Waals surface area contributed by atoms with E-state index in [2.05, 4.69) is 57.7 Å². The van der Waals surface area contributed by atoms with Crippen molar-refractivity contribution in [3.05, 3.63) is 64.7 Å². The molecule has 2 aromatic rings. The van der Waals surface area contributed by atoms with Gasteiger partial charge in [-0.3, -0.25) is 9.69 Å². The fraction of sp³-hybridized carbons (Fsp3) is 0.581. The van der Waals surface area contributed by atoms with Crippen LogP contribution in [0.25, 0.3) is 0 Å². The van der Waals surface area contributed by atoms with Crippen LogP contribution in [0.5, 0.6) is 0 Å². The zero-order chi connectivity index (χ0) is 26.5. The van der Waals surface area contributed by atoms with Crippen LogP contribution < -0.4 is 16.0 Å². The number of rotatable bonds is 10. The number of carbonyl (C=O) groups excluding carboxylic acids is 1. The Morgan fingerprint density at radius 2 is 1.95 bits per heavy atom. The maximum Gasteiger partial charge on any atom is 0.234 e. The van der Waals surface area contributed by atoms with Crippen LogP contribution in [-0.4, -0.2) is 66.0 Å². The molecule has 1 saturated heterocycles. The van der Waals surface area contributed by atoms with Gasteiger partial charge >= 0.3 is 0 Å². The van der Waals surface area contributed by atoms with Crippen LogP contribution in [0.4, 0.5) is 0 Å². The highest BCUT2D eigenvalue weighted by molar-refractivity contribution is 8.00. The highest BCUT2D eigenvalue weighted by atomic mass is 32.2. The Kier molecular flexibility index (Phi) is 9.11. The molecule has 2 heterocycles. The van der Waals surface area contributed by atoms with E-state index in [1.807, 2.05) is 31.2 Å². The quantitative estimate of drug-likeness (QED) is 0.366. The second-order valence-electron chi connectivity index (χ2n) is 11.4. The summed E-state index contributed by atoms with van der Waals surface area (Å²) in [5.41, 5.74) is 4.81. The number of piperazine rings is 1. The van der Waals surface area contributed by atoms with Crippen LogP contribution in [-0.2, 0) is 11.2 Å². The minimum atomic E-state index is -0.747. The number of aliphatic hydroxyl groups excluding tert-OH is 1. The molecule has 38 heavy (non-hydrogen) atoms. The molecule has 3 aliphatic rings. The Morgan fingerprint density at radius 1 is 1.18 bits per heavy atom. The van der Waals surface area contributed by atoms with Crippen molar-refractivity contribution in [1.82, 2.24) is 20.9 Å². The van der Waals surface area contributed by atoms with Crippen molar-refractivity contribution in [2.75, 3.05) is 39.3 Å². The number of carbonyl (C=O) groups is 1. The maximum atomic E-state index is 13.0. The van der Waals surface area contributed by atoms with E-state index in [-0.39, 0.29) is 11.9 Å². The van der Waals surface area contributed by atoms with Gasteiger partial charge < -0.3 is 21.1 Å². The molecule has 1 spiro atoms. The standard InChI is InChI=1S/C31H44N4O2S/c1-3-23-7-10-28-25(19-23)27(20-31(38-28)12-4-13-31)33-14-11-26(30(37)24-8-5-22(2)6-9-24)34-29(36)21-35-17-15-32-16-18-35/h5-10,19,26-27,30,32-33,37H,3-4,11-18,20-21H2,1-2H3,(H,34,36)/t26-,27-,30+/m1/s1. The number of hydrogen-bond acceptors (Lipinski definition) is 6. The topological polar surface area (TPSA) is 76.6 Å². The summed E-state index contributed by atoms with van der Waals surface area (Å²) in [5.74, 6) is -0.0107. The van der Waals surface area contributed by atoms with Gasteiger partial charge in [-0.15, -0.1) is 11.8 Å². The molecular formula is C31H44N4O2S. The van der Waals surface area contributed by atoms with Crippen LogP contribution >= 0.6 is 11.8 Å². The molecule has 4 N–H and O–H groups in total. The smallest absolute Gasteiger partial charge is 0.234 e. The molecule has 1 amide bonds. The number of nitrogens with one attached hydrogen (secondary N) is 3. The summed E-state index contributed by atoms with van der Waals surface area (Å²) in [6.07, 6.45) is 6.03. The third-order valence-electron chi connectivity index (χ3n) is 8.59. The molecule has 1 saturated carbocycles. The zero-order valence-corrected chi connectivity index (χ0v) is 23.8. The van der Waals surface area contributed by atoms with Crippen LogP contribution in [0, 0.1) is 6.92 Å². The average molecular weight is 537 g/mol. The summed E-state index contributed by atoms with van der Waals surface area (Å²) in [4.78, 5) is 16.6. The maximum absolute atomic E-state index is 13.0. The molecule has 1 aliphatic carbocycles. The van der Waals surface area contributed by atoms with Gasteiger partial charge in [0.1, 0.15) is 0 Å². The van der Waals surface area contributed by atoms with Gasteiger partial charge in [-0.05, 0) is 68.3 Å². The predicted molar refractivity (Wildman–Crippen MR) is 156 cm³/mol. The van der Waals surface area contributed by atoms with E-state index in [9.17, 15) is 9.90 Å². The molecule has 5 rings (SSSR count). The van der Waals surface area contributed by atoms with Crippen LogP contribution in [0.15, 0.2) is 47.4 Å². The Hall–Kier alpha value is -1.90. The van der Waals surface area contributed by atoms with Crippen molar-refractivity contribution >= 4 is 17.7 Å². The molecule has 2 fully saturated rings. The van der Waals surface area contributed by atoms with E-state index in [1.165, 1.54) is 35.3 Å². The fourth-order valence-corrected chi connectivity index (χ4v) is 7.71. The largest absolute Gasteiger partial charge is 0.386 e. The lowest BCUT2D eigenvalue weighted by atomic mass is 9.77. The van der Waals surface area contributed by atoms with Gasteiger partial charge in [0.15, 0.2) is 0 Å². The van der Waals surface area contributed by atoms with Crippen LogP contribution in [0.1, 0.15) is 73.4 Å². The lowest BCUT2D eigenvalue weighted by molar-refractivity contribution is -0.124. The summed E-state index contributed by atoms with van der Waals surface area (Å²) in [7, 11) is 0. The van der Waals surface area contributed by atoms with Crippen molar-refractivity contribution in [3.63, 3.8) is 0 Å². The number of amides is 1. The van der Waals surface area contributed by atoms with Gasteiger partial charge in [0.05, 0.1) is 18.7 Å². The monoisotopic (exact) mass is 536 g/mol. The normalized spacial score (nSPS) is 22.3. The summed E-state index contributed by atoms with van der Waals surface area (Å²) in [6, 6.07) is 15.0. The molecule has 0 unspecified atom stereocenters. The fourth-order valence-electron chi connectivity index (χ4n) is 6.04. The predicted octanol–water partition coefficient (Wildman–Crippen LogP) is 4.12. The van der Waals surface area contributed by atoms with E-state index in [0.29, 0.717) is 23.8 Å². The third kappa shape index (κ3) is 6.62. The van der Waals surface area contributed by atoms with Gasteiger partial charge in [-0.1, -0.05) is 55.3 Å². The Morgan fingerprint density at radius 3 is 2.63 bits per heavy atom. The molecule has 206 valence electrons. The first-order valence-electron chi connectivity index (χ1n) is 14.5. The van der Waals surface area contributed by atoms with Gasteiger partial charge in [-0.2, -0.15) is 0 Å². The Balaban J connectivity index is 1.27. The molecule has 2 aromatic carbocycles. The first kappa shape index (κ1) is 27.7. The summed E-state index contributed by atoms with van der Waals surface area (Å²) < 4.78 is 0.372. The van der Waals surface area contributed by atoms with Crippen molar-refractivity contribution in [3.8, 4) is 0 Å². The van der Waals surface area contributed by atoms with Crippen molar-refractivity contribution < 1.29 is 9.90 Å². The van der Waals surface area contributed by atoms with Crippen molar-refractivity contribution in [2.24, 2.45) is 0 Å². The highest BCUT2D eigenvalue weighted by Gasteiger charge is 2.44. The number of fused-ring (bicyclic) bond motifs is 1. The van der Waals surface area contributed by atoms with E-state index in [0.717, 1.165) is 56.7 Å². The molecule has 2 aliphatic heterocycles. The van der Waals surface area contributed by atoms with Crippen LogP contribution in [0.3, 0.4) is 0 Å². The molecular weight excluding hydrogens is 492 g/mol. The molecule has 7 heteroatoms. The third-order valence-corrected chi connectivity index (χ3v) is 10.2. The minimum Gasteiger partial charge on any atom is -0.386 e. The van der Waals surface area contributed by atoms with E-state index < -0.39 is 6.10 Å². The van der Waals surface area contributed by atoms with Gasteiger partial charge in [0.2, 0.25) is 5.91 Å². The lowest BCUT2D eigenvalue weighted by Gasteiger charge is -2.47. The summed E-state index contributed by atoms with van der Waals surface area (Å²) in [5, 5.41) is 21.7. The van der Waals surface area contributed by atoms with Crippen molar-refractivity contribution in [2.45, 2.75) is 80.2 Å². The lowest BCUT2D eigenvalue weighted by Crippen LogP contribution is -2.50. The zero-order valence-electron chi connectivity index (χ0n) is 23.0. The van der Waals surface area contributed by atoms with E-state index in [1.54, 1.807) is 0 Å². The number of nitrogens with zero attached hydrogens (tertiary/aromatic N) is 1. The Bertz CT molecular complexity index is 1080. The summed E-state index contributed by atoms with van der Waals surface area (Å²) >= 11 is 2.09. The SMILES string of the molecule is CCc1ccc2c(c1)[C@H](NCC[C@@H](NC(=O)CN1CCNCC1)[C@@H](O)c1ccc(C)cc1)CC1(CCC1)S2.